The number of hydrogen-bond donors (Lipinski definition) is 3. The van der Waals surface area contributed by atoms with Crippen LogP contribution in [-0.2, 0) is 4.79 Å². The monoisotopic (exact) mass is 385 g/mol. The van der Waals surface area contributed by atoms with Gasteiger partial charge in [-0.1, -0.05) is 18.2 Å². The molecule has 0 unspecified atom stereocenters. The van der Waals surface area contributed by atoms with Gasteiger partial charge in [0.2, 0.25) is 5.91 Å². The van der Waals surface area contributed by atoms with Crippen LogP contribution in [0.1, 0.15) is 37.3 Å². The molecule has 0 saturated carbocycles. The van der Waals surface area contributed by atoms with Crippen LogP contribution in [0.4, 0.5) is 20.7 Å². The first-order valence-corrected chi connectivity index (χ1v) is 9.34. The lowest BCUT2D eigenvalue weighted by molar-refractivity contribution is -0.116. The van der Waals surface area contributed by atoms with Gasteiger partial charge in [0.05, 0.1) is 24.3 Å². The first kappa shape index (κ1) is 19.6. The molecule has 8 heteroatoms. The summed E-state index contributed by atoms with van der Waals surface area (Å²) >= 11 is 0. The predicted molar refractivity (Wildman–Crippen MR) is 105 cm³/mol. The average molecular weight is 385 g/mol. The molecule has 1 aromatic heterocycles. The van der Waals surface area contributed by atoms with Crippen LogP contribution in [0.2, 0.25) is 0 Å². The van der Waals surface area contributed by atoms with E-state index in [1.54, 1.807) is 18.3 Å². The molecule has 148 valence electrons. The Bertz CT molecular complexity index is 822. The summed E-state index contributed by atoms with van der Waals surface area (Å²) in [5.41, 5.74) is 5.92. The van der Waals surface area contributed by atoms with Crippen molar-refractivity contribution in [3.05, 3.63) is 54.0 Å². The minimum absolute atomic E-state index is 0.155. The number of nitrogens with two attached hydrogens (primary N) is 1. The molecule has 2 aromatic rings. The molecule has 28 heavy (non-hydrogen) atoms. The van der Waals surface area contributed by atoms with Gasteiger partial charge in [0.1, 0.15) is 11.6 Å². The summed E-state index contributed by atoms with van der Waals surface area (Å²) in [6, 6.07) is 7.92. The quantitative estimate of drug-likeness (QED) is 0.712. The van der Waals surface area contributed by atoms with Gasteiger partial charge in [-0.25, -0.2) is 14.2 Å². The standard InChI is InChI=1S/C20H24FN5O2/c21-16-7-3-2-6-15(16)17(25-20(22)28)12-19(27)24-14-8-9-18(23-13-14)26-10-4-1-5-11-26/h2-3,6-9,13,17H,1,4-5,10-12H2,(H,24,27)(H3,22,25,28)/t17-/m0/s1. The van der Waals surface area contributed by atoms with Crippen LogP contribution in [0, 0.1) is 5.82 Å². The van der Waals surface area contributed by atoms with E-state index < -0.39 is 17.9 Å². The van der Waals surface area contributed by atoms with Gasteiger partial charge in [-0.15, -0.1) is 0 Å². The molecule has 2 heterocycles. The van der Waals surface area contributed by atoms with E-state index in [0.717, 1.165) is 31.7 Å². The number of amides is 3. The third-order valence-electron chi connectivity index (χ3n) is 4.70. The van der Waals surface area contributed by atoms with E-state index in [1.807, 2.05) is 6.07 Å². The Labute approximate surface area is 163 Å². The predicted octanol–water partition coefficient (Wildman–Crippen LogP) is 2.95. The lowest BCUT2D eigenvalue weighted by Gasteiger charge is -2.27. The molecule has 1 aliphatic heterocycles. The molecule has 0 aliphatic carbocycles. The Hall–Kier alpha value is -3.16. The van der Waals surface area contributed by atoms with E-state index >= 15 is 0 Å². The maximum Gasteiger partial charge on any atom is 0.312 e. The minimum atomic E-state index is -0.862. The molecule has 3 amide bonds. The SMILES string of the molecule is NC(=O)N[C@@H](CC(=O)Nc1ccc(N2CCCCC2)nc1)c1ccccc1F. The molecule has 7 nitrogen and oxygen atoms in total. The second-order valence-electron chi connectivity index (χ2n) is 6.79. The second-order valence-corrected chi connectivity index (χ2v) is 6.79. The van der Waals surface area contributed by atoms with Crippen molar-refractivity contribution in [1.29, 1.82) is 0 Å². The molecule has 0 bridgehead atoms. The van der Waals surface area contributed by atoms with E-state index in [0.29, 0.717) is 5.69 Å². The molecule has 1 aromatic carbocycles. The fourth-order valence-corrected chi connectivity index (χ4v) is 3.34. The minimum Gasteiger partial charge on any atom is -0.357 e. The zero-order valence-electron chi connectivity index (χ0n) is 15.5. The molecule has 0 radical (unpaired) electrons. The molecular formula is C20H24FN5O2. The molecular weight excluding hydrogens is 361 g/mol. The van der Waals surface area contributed by atoms with E-state index in [1.165, 1.54) is 24.6 Å². The van der Waals surface area contributed by atoms with Gasteiger partial charge in [0, 0.05) is 18.7 Å². The number of nitrogens with one attached hydrogen (secondary N) is 2. The van der Waals surface area contributed by atoms with Gasteiger partial charge in [0.15, 0.2) is 0 Å². The Morgan fingerprint density at radius 3 is 2.54 bits per heavy atom. The van der Waals surface area contributed by atoms with Gasteiger partial charge >= 0.3 is 6.03 Å². The average Bonchev–Trinajstić information content (AvgIpc) is 2.69. The van der Waals surface area contributed by atoms with E-state index in [4.69, 9.17) is 5.73 Å². The summed E-state index contributed by atoms with van der Waals surface area (Å²) in [5.74, 6) is -0.00606. The van der Waals surface area contributed by atoms with Gasteiger partial charge in [-0.3, -0.25) is 4.79 Å². The van der Waals surface area contributed by atoms with Crippen LogP contribution in [0.3, 0.4) is 0 Å². The molecule has 4 N–H and O–H groups in total. The Balaban J connectivity index is 1.64. The van der Waals surface area contributed by atoms with Crippen LogP contribution in [0.15, 0.2) is 42.6 Å². The number of urea groups is 1. The summed E-state index contributed by atoms with van der Waals surface area (Å²) in [7, 11) is 0. The number of primary amides is 1. The number of halogens is 1. The lowest BCUT2D eigenvalue weighted by Crippen LogP contribution is -2.35. The summed E-state index contributed by atoms with van der Waals surface area (Å²) in [6.45, 7) is 1.98. The van der Waals surface area contributed by atoms with Crippen molar-refractivity contribution in [3.63, 3.8) is 0 Å². The second kappa shape index (κ2) is 9.16. The third-order valence-corrected chi connectivity index (χ3v) is 4.70. The zero-order valence-corrected chi connectivity index (χ0v) is 15.5. The van der Waals surface area contributed by atoms with Crippen LogP contribution >= 0.6 is 0 Å². The van der Waals surface area contributed by atoms with Crippen molar-refractivity contribution in [1.82, 2.24) is 10.3 Å². The van der Waals surface area contributed by atoms with Crippen molar-refractivity contribution in [3.8, 4) is 0 Å². The summed E-state index contributed by atoms with van der Waals surface area (Å²) in [5, 5.41) is 5.15. The van der Waals surface area contributed by atoms with E-state index in [2.05, 4.69) is 20.5 Å². The fraction of sp³-hybridized carbons (Fsp3) is 0.350. The van der Waals surface area contributed by atoms with Gasteiger partial charge in [-0.2, -0.15) is 0 Å². The number of anilines is 2. The normalized spacial score (nSPS) is 15.0. The maximum absolute atomic E-state index is 14.1. The van der Waals surface area contributed by atoms with Crippen LogP contribution in [0.5, 0.6) is 0 Å². The summed E-state index contributed by atoms with van der Waals surface area (Å²) < 4.78 is 14.1. The highest BCUT2D eigenvalue weighted by atomic mass is 19.1. The number of benzene rings is 1. The highest BCUT2D eigenvalue weighted by Crippen LogP contribution is 2.22. The van der Waals surface area contributed by atoms with Gasteiger partial charge in [-0.05, 0) is 37.5 Å². The van der Waals surface area contributed by atoms with Crippen molar-refractivity contribution in [2.75, 3.05) is 23.3 Å². The lowest BCUT2D eigenvalue weighted by atomic mass is 10.0. The largest absolute Gasteiger partial charge is 0.357 e. The number of hydrogen-bond acceptors (Lipinski definition) is 4. The molecule has 0 spiro atoms. The molecule has 1 saturated heterocycles. The Kier molecular flexibility index (Phi) is 6.41. The van der Waals surface area contributed by atoms with E-state index in [9.17, 15) is 14.0 Å². The molecule has 3 rings (SSSR count). The van der Waals surface area contributed by atoms with E-state index in [-0.39, 0.29) is 17.9 Å². The number of carbonyl (C=O) groups excluding carboxylic acids is 2. The topological polar surface area (TPSA) is 100 Å². The van der Waals surface area contributed by atoms with Crippen LogP contribution in [0.25, 0.3) is 0 Å². The first-order chi connectivity index (χ1) is 13.5. The number of nitrogens with zero attached hydrogens (tertiary/aromatic N) is 2. The van der Waals surface area contributed by atoms with Gasteiger partial charge < -0.3 is 21.3 Å². The van der Waals surface area contributed by atoms with Gasteiger partial charge in [0.25, 0.3) is 0 Å². The molecule has 1 fully saturated rings. The number of rotatable bonds is 6. The molecule has 1 aliphatic rings. The van der Waals surface area contributed by atoms with Crippen molar-refractivity contribution in [2.24, 2.45) is 5.73 Å². The number of piperidine rings is 1. The Morgan fingerprint density at radius 1 is 1.14 bits per heavy atom. The zero-order chi connectivity index (χ0) is 19.9. The van der Waals surface area contributed by atoms with Crippen molar-refractivity contribution < 1.29 is 14.0 Å². The maximum atomic E-state index is 14.1. The number of aromatic nitrogens is 1. The highest BCUT2D eigenvalue weighted by Gasteiger charge is 2.20. The van der Waals surface area contributed by atoms with Crippen LogP contribution < -0.4 is 21.3 Å². The number of pyridine rings is 1. The molecule has 1 atom stereocenters. The first-order valence-electron chi connectivity index (χ1n) is 9.34. The Morgan fingerprint density at radius 2 is 1.89 bits per heavy atom. The van der Waals surface area contributed by atoms with Crippen molar-refractivity contribution >= 4 is 23.4 Å². The highest BCUT2D eigenvalue weighted by molar-refractivity contribution is 5.91. The summed E-state index contributed by atoms with van der Waals surface area (Å²) in [6.07, 6.45) is 5.00. The van der Waals surface area contributed by atoms with Crippen molar-refractivity contribution in [2.45, 2.75) is 31.7 Å². The third kappa shape index (κ3) is 5.18. The number of carbonyl (C=O) groups is 2. The summed E-state index contributed by atoms with van der Waals surface area (Å²) in [4.78, 5) is 30.3. The van der Waals surface area contributed by atoms with Crippen LogP contribution in [-0.4, -0.2) is 30.0 Å². The fourth-order valence-electron chi connectivity index (χ4n) is 3.34. The smallest absolute Gasteiger partial charge is 0.312 e.